The van der Waals surface area contributed by atoms with Gasteiger partial charge in [0, 0.05) is 0 Å². The zero-order valence-electron chi connectivity index (χ0n) is 11.1. The lowest BCUT2D eigenvalue weighted by molar-refractivity contribution is -0.174. The fourth-order valence-electron chi connectivity index (χ4n) is 2.32. The number of hydrogen-bond donors (Lipinski definition) is 0. The van der Waals surface area contributed by atoms with Gasteiger partial charge in [0.1, 0.15) is 6.04 Å². The molecule has 0 N–H and O–H groups in total. The maximum absolute atomic E-state index is 13.2. The second kappa shape index (κ2) is 4.92. The summed E-state index contributed by atoms with van der Waals surface area (Å²) in [4.78, 5) is 24.5. The normalized spacial score (nSPS) is 16.8. The Morgan fingerprint density at radius 3 is 1.85 bits per heavy atom. The van der Waals surface area contributed by atoms with Crippen LogP contribution in [0.4, 0.5) is 13.2 Å². The molecule has 1 unspecified atom stereocenters. The van der Waals surface area contributed by atoms with Crippen LogP contribution in [0.15, 0.2) is 24.3 Å². The molecule has 0 aromatic heterocycles. The number of benzene rings is 1. The molecule has 0 spiro atoms. The molecule has 0 fully saturated rings. The molecule has 0 aliphatic carbocycles. The highest BCUT2D eigenvalue weighted by molar-refractivity contribution is 6.21. The minimum absolute atomic E-state index is 0.0375. The van der Waals surface area contributed by atoms with Gasteiger partial charge < -0.3 is 0 Å². The van der Waals surface area contributed by atoms with Gasteiger partial charge in [-0.1, -0.05) is 26.0 Å². The number of fused-ring (bicyclic) bond motifs is 1. The second-order valence-corrected chi connectivity index (χ2v) is 5.21. The van der Waals surface area contributed by atoms with Crippen LogP contribution in [0.5, 0.6) is 0 Å². The number of nitrogens with zero attached hydrogens (tertiary/aromatic N) is 1. The molecule has 1 aliphatic rings. The van der Waals surface area contributed by atoms with E-state index in [9.17, 15) is 22.8 Å². The Bertz CT molecular complexity index is 517. The molecule has 0 saturated heterocycles. The summed E-state index contributed by atoms with van der Waals surface area (Å²) in [6, 6.07) is 3.73. The lowest BCUT2D eigenvalue weighted by Crippen LogP contribution is -2.49. The summed E-state index contributed by atoms with van der Waals surface area (Å²) in [6.45, 7) is 3.24. The van der Waals surface area contributed by atoms with Crippen LogP contribution in [0.25, 0.3) is 0 Å². The first kappa shape index (κ1) is 14.6. The maximum Gasteiger partial charge on any atom is 0.409 e. The molecule has 108 valence electrons. The van der Waals surface area contributed by atoms with Crippen LogP contribution < -0.4 is 0 Å². The van der Waals surface area contributed by atoms with Crippen LogP contribution in [0, 0.1) is 5.92 Å². The minimum atomic E-state index is -4.63. The Morgan fingerprint density at radius 1 is 1.05 bits per heavy atom. The van der Waals surface area contributed by atoms with Gasteiger partial charge in [-0.15, -0.1) is 0 Å². The molecule has 6 heteroatoms. The Kier molecular flexibility index (Phi) is 3.58. The molecule has 2 rings (SSSR count). The Labute approximate surface area is 114 Å². The maximum atomic E-state index is 13.2. The van der Waals surface area contributed by atoms with E-state index in [1.807, 2.05) is 0 Å². The summed E-state index contributed by atoms with van der Waals surface area (Å²) in [5.41, 5.74) is 0.0750. The summed E-state index contributed by atoms with van der Waals surface area (Å²) in [6.07, 6.45) is -4.92. The fourth-order valence-corrected chi connectivity index (χ4v) is 2.32. The molecule has 1 aromatic rings. The predicted octanol–water partition coefficient (Wildman–Crippen LogP) is 3.26. The molecule has 1 aromatic carbocycles. The third-order valence-corrected chi connectivity index (χ3v) is 3.21. The van der Waals surface area contributed by atoms with Crippen LogP contribution >= 0.6 is 0 Å². The average Bonchev–Trinajstić information content (AvgIpc) is 2.59. The largest absolute Gasteiger partial charge is 0.409 e. The molecular formula is C14H14F3NO2. The predicted molar refractivity (Wildman–Crippen MR) is 66.2 cm³/mol. The fraction of sp³-hybridized carbons (Fsp3) is 0.429. The molecule has 1 heterocycles. The molecule has 0 bridgehead atoms. The van der Waals surface area contributed by atoms with Crippen molar-refractivity contribution >= 4 is 11.8 Å². The van der Waals surface area contributed by atoms with Crippen molar-refractivity contribution < 1.29 is 22.8 Å². The van der Waals surface area contributed by atoms with E-state index in [-0.39, 0.29) is 23.5 Å². The minimum Gasteiger partial charge on any atom is -0.269 e. The summed E-state index contributed by atoms with van der Waals surface area (Å²) in [7, 11) is 0. The van der Waals surface area contributed by atoms with E-state index in [2.05, 4.69) is 0 Å². The zero-order chi connectivity index (χ0) is 15.1. The molecule has 3 nitrogen and oxygen atoms in total. The first-order valence-corrected chi connectivity index (χ1v) is 6.27. The SMILES string of the molecule is CC(C)CC(N1C(=O)c2ccccc2C1=O)C(F)(F)F. The lowest BCUT2D eigenvalue weighted by atomic mass is 10.0. The Morgan fingerprint density at radius 2 is 1.50 bits per heavy atom. The van der Waals surface area contributed by atoms with Gasteiger partial charge in [0.15, 0.2) is 0 Å². The van der Waals surface area contributed by atoms with Crippen molar-refractivity contribution in [3.63, 3.8) is 0 Å². The number of carbonyl (C=O) groups is 2. The van der Waals surface area contributed by atoms with E-state index < -0.39 is 24.0 Å². The smallest absolute Gasteiger partial charge is 0.269 e. The molecule has 0 saturated carbocycles. The first-order valence-electron chi connectivity index (χ1n) is 6.27. The summed E-state index contributed by atoms with van der Waals surface area (Å²) in [5, 5.41) is 0. The van der Waals surface area contributed by atoms with Gasteiger partial charge in [-0.25, -0.2) is 0 Å². The number of imide groups is 1. The number of hydrogen-bond acceptors (Lipinski definition) is 2. The van der Waals surface area contributed by atoms with E-state index >= 15 is 0 Å². The second-order valence-electron chi connectivity index (χ2n) is 5.21. The summed E-state index contributed by atoms with van der Waals surface area (Å²) in [5.74, 6) is -2.02. The van der Waals surface area contributed by atoms with Crippen molar-refractivity contribution in [2.24, 2.45) is 5.92 Å². The van der Waals surface area contributed by atoms with Gasteiger partial charge in [-0.2, -0.15) is 13.2 Å². The molecule has 2 amide bonds. The highest BCUT2D eigenvalue weighted by Crippen LogP contribution is 2.35. The molecule has 20 heavy (non-hydrogen) atoms. The summed E-state index contributed by atoms with van der Waals surface area (Å²) < 4.78 is 39.5. The highest BCUT2D eigenvalue weighted by atomic mass is 19.4. The standard InChI is InChI=1S/C14H14F3NO2/c1-8(2)7-11(14(15,16)17)18-12(19)9-5-3-4-6-10(9)13(18)20/h3-6,8,11H,7H2,1-2H3. The van der Waals surface area contributed by atoms with Gasteiger partial charge in [-0.3, -0.25) is 14.5 Å². The zero-order valence-corrected chi connectivity index (χ0v) is 11.1. The van der Waals surface area contributed by atoms with Crippen LogP contribution in [-0.4, -0.2) is 28.9 Å². The third kappa shape index (κ3) is 2.42. The van der Waals surface area contributed by atoms with E-state index in [1.54, 1.807) is 13.8 Å². The van der Waals surface area contributed by atoms with Crippen LogP contribution in [0.3, 0.4) is 0 Å². The molecule has 0 radical (unpaired) electrons. The average molecular weight is 285 g/mol. The number of halogens is 3. The topological polar surface area (TPSA) is 37.4 Å². The number of carbonyl (C=O) groups excluding carboxylic acids is 2. The monoisotopic (exact) mass is 285 g/mol. The van der Waals surface area contributed by atoms with Crippen molar-refractivity contribution in [1.29, 1.82) is 0 Å². The number of amides is 2. The van der Waals surface area contributed by atoms with Crippen LogP contribution in [0.1, 0.15) is 41.0 Å². The van der Waals surface area contributed by atoms with E-state index in [0.29, 0.717) is 4.90 Å². The highest BCUT2D eigenvalue weighted by Gasteiger charge is 2.51. The number of alkyl halides is 3. The van der Waals surface area contributed by atoms with Gasteiger partial charge in [-0.05, 0) is 24.5 Å². The first-order chi connectivity index (χ1) is 9.23. The van der Waals surface area contributed by atoms with E-state index in [1.165, 1.54) is 24.3 Å². The van der Waals surface area contributed by atoms with Gasteiger partial charge in [0.2, 0.25) is 0 Å². The molecule has 1 aliphatic heterocycles. The summed E-state index contributed by atoms with van der Waals surface area (Å²) >= 11 is 0. The Balaban J connectivity index is 2.42. The van der Waals surface area contributed by atoms with Gasteiger partial charge in [0.25, 0.3) is 11.8 Å². The van der Waals surface area contributed by atoms with Crippen LogP contribution in [0.2, 0.25) is 0 Å². The van der Waals surface area contributed by atoms with E-state index in [0.717, 1.165) is 0 Å². The van der Waals surface area contributed by atoms with E-state index in [4.69, 9.17) is 0 Å². The van der Waals surface area contributed by atoms with Crippen molar-refractivity contribution in [2.75, 3.05) is 0 Å². The van der Waals surface area contributed by atoms with Crippen molar-refractivity contribution in [2.45, 2.75) is 32.5 Å². The third-order valence-electron chi connectivity index (χ3n) is 3.21. The number of rotatable bonds is 3. The Hall–Kier alpha value is -1.85. The van der Waals surface area contributed by atoms with Crippen molar-refractivity contribution in [3.8, 4) is 0 Å². The van der Waals surface area contributed by atoms with Crippen molar-refractivity contribution in [1.82, 2.24) is 4.90 Å². The van der Waals surface area contributed by atoms with Crippen molar-refractivity contribution in [3.05, 3.63) is 35.4 Å². The quantitative estimate of drug-likeness (QED) is 0.799. The molecular weight excluding hydrogens is 271 g/mol. The molecule has 1 atom stereocenters. The van der Waals surface area contributed by atoms with Gasteiger partial charge >= 0.3 is 6.18 Å². The van der Waals surface area contributed by atoms with Gasteiger partial charge in [0.05, 0.1) is 11.1 Å². The van der Waals surface area contributed by atoms with Crippen LogP contribution in [-0.2, 0) is 0 Å². The lowest BCUT2D eigenvalue weighted by Gasteiger charge is -2.29.